The molecule has 0 aliphatic carbocycles. The van der Waals surface area contributed by atoms with Crippen LogP contribution in [0, 0.1) is 6.92 Å². The highest BCUT2D eigenvalue weighted by atomic mass is 16.4. The van der Waals surface area contributed by atoms with Crippen molar-refractivity contribution < 1.29 is 9.90 Å². The molecule has 2 N–H and O–H groups in total. The van der Waals surface area contributed by atoms with Gasteiger partial charge in [0.1, 0.15) is 6.04 Å². The van der Waals surface area contributed by atoms with E-state index in [0.717, 1.165) is 30.8 Å². The average Bonchev–Trinajstić information content (AvgIpc) is 2.56. The average molecular weight is 310 g/mol. The second-order valence-corrected chi connectivity index (χ2v) is 6.03. The van der Waals surface area contributed by atoms with Crippen LogP contribution in [-0.2, 0) is 11.2 Å². The number of rotatable bonds is 4. The molecule has 4 nitrogen and oxygen atoms in total. The summed E-state index contributed by atoms with van der Waals surface area (Å²) < 4.78 is 0. The number of aryl methyl sites for hydroxylation is 1. The van der Waals surface area contributed by atoms with Crippen molar-refractivity contribution in [1.82, 2.24) is 5.32 Å². The molecule has 1 heterocycles. The van der Waals surface area contributed by atoms with Gasteiger partial charge in [-0.2, -0.15) is 0 Å². The van der Waals surface area contributed by atoms with Crippen LogP contribution >= 0.6 is 0 Å². The lowest BCUT2D eigenvalue weighted by Crippen LogP contribution is -2.55. The van der Waals surface area contributed by atoms with Crippen molar-refractivity contribution in [3.63, 3.8) is 0 Å². The summed E-state index contributed by atoms with van der Waals surface area (Å²) in [4.78, 5) is 13.5. The van der Waals surface area contributed by atoms with Gasteiger partial charge in [-0.05, 0) is 36.1 Å². The van der Waals surface area contributed by atoms with Crippen molar-refractivity contribution in [3.05, 3.63) is 65.2 Å². The van der Waals surface area contributed by atoms with Gasteiger partial charge in [0.25, 0.3) is 0 Å². The van der Waals surface area contributed by atoms with Crippen LogP contribution < -0.4 is 10.2 Å². The molecular formula is C19H22N2O2. The molecule has 1 fully saturated rings. The summed E-state index contributed by atoms with van der Waals surface area (Å²) in [5, 5.41) is 12.6. The second-order valence-electron chi connectivity index (χ2n) is 6.03. The van der Waals surface area contributed by atoms with Crippen LogP contribution in [0.15, 0.2) is 48.5 Å². The summed E-state index contributed by atoms with van der Waals surface area (Å²) in [6.45, 7) is 4.08. The van der Waals surface area contributed by atoms with Gasteiger partial charge in [0, 0.05) is 25.3 Å². The largest absolute Gasteiger partial charge is 0.480 e. The van der Waals surface area contributed by atoms with Crippen LogP contribution in [0.3, 0.4) is 0 Å². The van der Waals surface area contributed by atoms with E-state index in [2.05, 4.69) is 54.7 Å². The smallest absolute Gasteiger partial charge is 0.327 e. The summed E-state index contributed by atoms with van der Waals surface area (Å²) in [5.74, 6) is -0.773. The molecule has 0 aromatic heterocycles. The zero-order valence-electron chi connectivity index (χ0n) is 13.3. The molecule has 0 radical (unpaired) electrons. The van der Waals surface area contributed by atoms with Crippen LogP contribution in [0.25, 0.3) is 0 Å². The van der Waals surface area contributed by atoms with Crippen LogP contribution in [0.2, 0.25) is 0 Å². The van der Waals surface area contributed by atoms with E-state index in [-0.39, 0.29) is 0 Å². The van der Waals surface area contributed by atoms with Crippen LogP contribution in [-0.4, -0.2) is 36.8 Å². The predicted molar refractivity (Wildman–Crippen MR) is 92.1 cm³/mol. The number of carboxylic acid groups (broad SMARTS) is 1. The minimum Gasteiger partial charge on any atom is -0.480 e. The zero-order chi connectivity index (χ0) is 16.2. The summed E-state index contributed by atoms with van der Waals surface area (Å²) >= 11 is 0. The number of carboxylic acids is 1. The van der Waals surface area contributed by atoms with Crippen molar-refractivity contribution in [2.75, 3.05) is 24.5 Å². The Bertz CT molecular complexity index is 685. The van der Waals surface area contributed by atoms with Gasteiger partial charge in [-0.25, -0.2) is 4.79 Å². The molecule has 0 bridgehead atoms. The van der Waals surface area contributed by atoms with E-state index in [1.54, 1.807) is 0 Å². The van der Waals surface area contributed by atoms with Crippen molar-refractivity contribution in [1.29, 1.82) is 0 Å². The maximum Gasteiger partial charge on any atom is 0.327 e. The highest BCUT2D eigenvalue weighted by Gasteiger charge is 2.29. The Kier molecular flexibility index (Phi) is 4.63. The van der Waals surface area contributed by atoms with Crippen molar-refractivity contribution >= 4 is 11.7 Å². The van der Waals surface area contributed by atoms with Gasteiger partial charge in [-0.1, -0.05) is 42.5 Å². The number of hydrogen-bond donors (Lipinski definition) is 2. The monoisotopic (exact) mass is 310 g/mol. The SMILES string of the molecule is Cc1cc(Cc2ccccc2)ccc1N1CCNCC1C(=O)O. The van der Waals surface area contributed by atoms with Gasteiger partial charge >= 0.3 is 5.97 Å². The van der Waals surface area contributed by atoms with Crippen molar-refractivity contribution in [2.45, 2.75) is 19.4 Å². The van der Waals surface area contributed by atoms with Gasteiger partial charge in [0.15, 0.2) is 0 Å². The topological polar surface area (TPSA) is 52.6 Å². The van der Waals surface area contributed by atoms with Gasteiger partial charge in [0.05, 0.1) is 0 Å². The van der Waals surface area contributed by atoms with Gasteiger partial charge in [-0.15, -0.1) is 0 Å². The number of piperazine rings is 1. The van der Waals surface area contributed by atoms with Crippen LogP contribution in [0.5, 0.6) is 0 Å². The fourth-order valence-corrected chi connectivity index (χ4v) is 3.19. The number of aliphatic carboxylic acids is 1. The first-order valence-corrected chi connectivity index (χ1v) is 7.99. The molecule has 120 valence electrons. The zero-order valence-corrected chi connectivity index (χ0v) is 13.3. The van der Waals surface area contributed by atoms with E-state index in [9.17, 15) is 9.90 Å². The summed E-state index contributed by atoms with van der Waals surface area (Å²) in [7, 11) is 0. The summed E-state index contributed by atoms with van der Waals surface area (Å²) in [6, 6.07) is 16.2. The lowest BCUT2D eigenvalue weighted by Gasteiger charge is -2.36. The molecular weight excluding hydrogens is 288 g/mol. The summed E-state index contributed by atoms with van der Waals surface area (Å²) in [6.07, 6.45) is 0.895. The van der Waals surface area contributed by atoms with Crippen molar-refractivity contribution in [3.8, 4) is 0 Å². The molecule has 23 heavy (non-hydrogen) atoms. The molecule has 2 aromatic carbocycles. The number of nitrogens with one attached hydrogen (secondary N) is 1. The fraction of sp³-hybridized carbons (Fsp3) is 0.316. The first-order valence-electron chi connectivity index (χ1n) is 7.99. The highest BCUT2D eigenvalue weighted by molar-refractivity contribution is 5.79. The quantitative estimate of drug-likeness (QED) is 0.911. The Morgan fingerprint density at radius 3 is 2.70 bits per heavy atom. The first kappa shape index (κ1) is 15.6. The standard InChI is InChI=1S/C19H22N2O2/c1-14-11-16(12-15-5-3-2-4-6-15)7-8-17(14)21-10-9-20-13-18(21)19(22)23/h2-8,11,18,20H,9-10,12-13H2,1H3,(H,22,23). The second kappa shape index (κ2) is 6.84. The lowest BCUT2D eigenvalue weighted by atomic mass is 10.0. The molecule has 4 heteroatoms. The number of carbonyl (C=O) groups is 1. The Labute approximate surface area is 136 Å². The highest BCUT2D eigenvalue weighted by Crippen LogP contribution is 2.25. The summed E-state index contributed by atoms with van der Waals surface area (Å²) in [5.41, 5.74) is 4.69. The van der Waals surface area contributed by atoms with Gasteiger partial charge in [0.2, 0.25) is 0 Å². The van der Waals surface area contributed by atoms with Crippen molar-refractivity contribution in [2.24, 2.45) is 0 Å². The number of nitrogens with zero attached hydrogens (tertiary/aromatic N) is 1. The lowest BCUT2D eigenvalue weighted by molar-refractivity contribution is -0.138. The molecule has 0 amide bonds. The van der Waals surface area contributed by atoms with E-state index in [1.807, 2.05) is 11.0 Å². The Hall–Kier alpha value is -2.33. The van der Waals surface area contributed by atoms with Gasteiger partial charge in [-0.3, -0.25) is 0 Å². The molecule has 1 aliphatic heterocycles. The van der Waals surface area contributed by atoms with Crippen LogP contribution in [0.4, 0.5) is 5.69 Å². The minimum atomic E-state index is -0.773. The fourth-order valence-electron chi connectivity index (χ4n) is 3.19. The number of hydrogen-bond acceptors (Lipinski definition) is 3. The van der Waals surface area contributed by atoms with E-state index >= 15 is 0 Å². The van der Waals surface area contributed by atoms with E-state index in [0.29, 0.717) is 6.54 Å². The Balaban J connectivity index is 1.82. The molecule has 1 unspecified atom stereocenters. The third-order valence-corrected chi connectivity index (χ3v) is 4.35. The van der Waals surface area contributed by atoms with E-state index < -0.39 is 12.0 Å². The number of anilines is 1. The third-order valence-electron chi connectivity index (χ3n) is 4.35. The van der Waals surface area contributed by atoms with Gasteiger partial charge < -0.3 is 15.3 Å². The third kappa shape index (κ3) is 3.54. The molecule has 1 atom stereocenters. The predicted octanol–water partition coefficient (Wildman–Crippen LogP) is 2.45. The maximum atomic E-state index is 11.5. The van der Waals surface area contributed by atoms with Crippen LogP contribution in [0.1, 0.15) is 16.7 Å². The molecule has 2 aromatic rings. The van der Waals surface area contributed by atoms with E-state index in [1.165, 1.54) is 11.1 Å². The van der Waals surface area contributed by atoms with E-state index in [4.69, 9.17) is 0 Å². The molecule has 3 rings (SSSR count). The Morgan fingerprint density at radius 1 is 1.22 bits per heavy atom. The maximum absolute atomic E-state index is 11.5. The molecule has 0 spiro atoms. The molecule has 0 saturated carbocycles. The molecule has 1 saturated heterocycles. The minimum absolute atomic E-state index is 0.487. The number of benzene rings is 2. The Morgan fingerprint density at radius 2 is 2.00 bits per heavy atom. The molecule has 1 aliphatic rings. The first-order chi connectivity index (χ1) is 11.1. The normalized spacial score (nSPS) is 18.0.